The van der Waals surface area contributed by atoms with E-state index in [0.717, 1.165) is 25.0 Å². The molecule has 0 heterocycles. The zero-order valence-electron chi connectivity index (χ0n) is 8.53. The molecule has 3 nitrogen and oxygen atoms in total. The molecule has 3 heteroatoms. The highest BCUT2D eigenvalue weighted by atomic mass is 16.6. The zero-order chi connectivity index (χ0) is 10.2. The number of hydrogen-bond donors (Lipinski definition) is 1. The van der Waals surface area contributed by atoms with Gasteiger partial charge in [-0.2, -0.15) is 0 Å². The molecule has 0 saturated carbocycles. The molecule has 0 unspecified atom stereocenters. The minimum absolute atomic E-state index is 0.635. The molecule has 0 amide bonds. The molecule has 0 atom stereocenters. The molecule has 1 rings (SSSR count). The quantitative estimate of drug-likeness (QED) is 0.557. The van der Waals surface area contributed by atoms with Crippen LogP contribution >= 0.6 is 0 Å². The topological polar surface area (TPSA) is 44.5 Å². The second kappa shape index (κ2) is 6.40. The Hall–Kier alpha value is -1.06. The first-order chi connectivity index (χ1) is 6.86. The molecule has 14 heavy (non-hydrogen) atoms. The number of benzene rings is 1. The van der Waals surface area contributed by atoms with Crippen LogP contribution in [0.1, 0.15) is 18.4 Å². The summed E-state index contributed by atoms with van der Waals surface area (Å²) in [6.07, 6.45) is 3.17. The fraction of sp³-hybridized carbons (Fsp3) is 0.455. The average molecular weight is 195 g/mol. The van der Waals surface area contributed by atoms with Crippen LogP contribution in [0.3, 0.4) is 0 Å². The van der Waals surface area contributed by atoms with Gasteiger partial charge in [0.1, 0.15) is 5.75 Å². The highest BCUT2D eigenvalue weighted by molar-refractivity contribution is 5.27. The number of nitrogens with two attached hydrogens (primary N) is 1. The van der Waals surface area contributed by atoms with E-state index in [1.54, 1.807) is 7.11 Å². The van der Waals surface area contributed by atoms with E-state index in [2.05, 4.69) is 17.0 Å². The van der Waals surface area contributed by atoms with Gasteiger partial charge in [0, 0.05) is 0 Å². The Morgan fingerprint density at radius 2 is 1.86 bits per heavy atom. The summed E-state index contributed by atoms with van der Waals surface area (Å²) in [5, 5.41) is 0. The minimum atomic E-state index is 0.635. The van der Waals surface area contributed by atoms with Gasteiger partial charge in [-0.1, -0.05) is 12.1 Å². The summed E-state index contributed by atoms with van der Waals surface area (Å²) in [5.74, 6) is 5.83. The van der Waals surface area contributed by atoms with E-state index in [0.29, 0.717) is 6.61 Å². The Kier molecular flexibility index (Phi) is 5.04. The molecule has 0 saturated heterocycles. The predicted octanol–water partition coefficient (Wildman–Crippen LogP) is 1.91. The van der Waals surface area contributed by atoms with Crippen LogP contribution in [0, 0.1) is 0 Å². The van der Waals surface area contributed by atoms with Crippen LogP contribution in [-0.4, -0.2) is 13.7 Å². The predicted molar refractivity (Wildman–Crippen MR) is 56.1 cm³/mol. The second-order valence-electron chi connectivity index (χ2n) is 3.18. The molecular formula is C11H17NO2. The van der Waals surface area contributed by atoms with Crippen molar-refractivity contribution in [2.24, 2.45) is 5.90 Å². The van der Waals surface area contributed by atoms with Gasteiger partial charge < -0.3 is 9.57 Å². The summed E-state index contributed by atoms with van der Waals surface area (Å²) in [4.78, 5) is 4.50. The molecule has 1 aromatic rings. The second-order valence-corrected chi connectivity index (χ2v) is 3.18. The maximum Gasteiger partial charge on any atom is 0.118 e. The summed E-state index contributed by atoms with van der Waals surface area (Å²) in [6, 6.07) is 8.13. The lowest BCUT2D eigenvalue weighted by molar-refractivity contribution is 0.134. The number of unbranched alkanes of at least 4 members (excludes halogenated alkanes) is 1. The number of ether oxygens (including phenoxy) is 1. The van der Waals surface area contributed by atoms with Crippen molar-refractivity contribution in [1.29, 1.82) is 0 Å². The van der Waals surface area contributed by atoms with Gasteiger partial charge in [-0.05, 0) is 37.0 Å². The molecular weight excluding hydrogens is 178 g/mol. The van der Waals surface area contributed by atoms with Crippen LogP contribution in [0.4, 0.5) is 0 Å². The number of aryl methyl sites for hydroxylation is 1. The molecule has 2 N–H and O–H groups in total. The highest BCUT2D eigenvalue weighted by Crippen LogP contribution is 2.12. The van der Waals surface area contributed by atoms with Gasteiger partial charge >= 0.3 is 0 Å². The average Bonchev–Trinajstić information content (AvgIpc) is 2.25. The van der Waals surface area contributed by atoms with E-state index in [1.165, 1.54) is 5.56 Å². The van der Waals surface area contributed by atoms with Gasteiger partial charge in [-0.3, -0.25) is 0 Å². The maximum atomic E-state index is 5.08. The maximum absolute atomic E-state index is 5.08. The Bertz CT molecular complexity index is 246. The number of rotatable bonds is 6. The molecule has 0 spiro atoms. The van der Waals surface area contributed by atoms with Gasteiger partial charge in [0.15, 0.2) is 0 Å². The van der Waals surface area contributed by atoms with Crippen molar-refractivity contribution in [2.75, 3.05) is 13.7 Å². The van der Waals surface area contributed by atoms with Crippen molar-refractivity contribution in [3.8, 4) is 5.75 Å². The van der Waals surface area contributed by atoms with E-state index in [9.17, 15) is 0 Å². The van der Waals surface area contributed by atoms with Crippen molar-refractivity contribution in [3.05, 3.63) is 29.8 Å². The van der Waals surface area contributed by atoms with Crippen LogP contribution in [0.15, 0.2) is 24.3 Å². The normalized spacial score (nSPS) is 10.1. The lowest BCUT2D eigenvalue weighted by Crippen LogP contribution is -2.00. The molecule has 1 aromatic carbocycles. The lowest BCUT2D eigenvalue weighted by atomic mass is 10.1. The van der Waals surface area contributed by atoms with Crippen molar-refractivity contribution in [2.45, 2.75) is 19.3 Å². The summed E-state index contributed by atoms with van der Waals surface area (Å²) in [7, 11) is 1.67. The molecule has 0 radical (unpaired) electrons. The SMILES string of the molecule is COc1ccc(CCCCON)cc1. The summed E-state index contributed by atoms with van der Waals surface area (Å²) >= 11 is 0. The Morgan fingerprint density at radius 3 is 2.43 bits per heavy atom. The Labute approximate surface area is 84.8 Å². The largest absolute Gasteiger partial charge is 0.497 e. The fourth-order valence-corrected chi connectivity index (χ4v) is 1.31. The Morgan fingerprint density at radius 1 is 1.14 bits per heavy atom. The third-order valence-electron chi connectivity index (χ3n) is 2.14. The summed E-state index contributed by atoms with van der Waals surface area (Å²) < 4.78 is 5.08. The van der Waals surface area contributed by atoms with Crippen LogP contribution in [0.2, 0.25) is 0 Å². The van der Waals surface area contributed by atoms with E-state index < -0.39 is 0 Å². The van der Waals surface area contributed by atoms with Gasteiger partial charge in [0.05, 0.1) is 13.7 Å². The third kappa shape index (κ3) is 3.77. The molecule has 0 aliphatic rings. The molecule has 0 bridgehead atoms. The number of methoxy groups -OCH3 is 1. The van der Waals surface area contributed by atoms with E-state index >= 15 is 0 Å². The van der Waals surface area contributed by atoms with E-state index in [-0.39, 0.29) is 0 Å². The zero-order valence-corrected chi connectivity index (χ0v) is 8.53. The summed E-state index contributed by atoms with van der Waals surface area (Å²) in [5.41, 5.74) is 1.32. The smallest absolute Gasteiger partial charge is 0.118 e. The molecule has 0 aliphatic carbocycles. The van der Waals surface area contributed by atoms with Crippen molar-refractivity contribution in [3.63, 3.8) is 0 Å². The standard InChI is InChI=1S/C11H17NO2/c1-13-11-7-5-10(6-8-11)4-2-3-9-14-12/h5-8H,2-4,9,12H2,1H3. The molecule has 0 aromatic heterocycles. The van der Waals surface area contributed by atoms with Crippen LogP contribution < -0.4 is 10.6 Å². The fourth-order valence-electron chi connectivity index (χ4n) is 1.31. The van der Waals surface area contributed by atoms with Crippen LogP contribution in [0.5, 0.6) is 5.75 Å². The van der Waals surface area contributed by atoms with E-state index in [4.69, 9.17) is 10.6 Å². The lowest BCUT2D eigenvalue weighted by Gasteiger charge is -2.03. The highest BCUT2D eigenvalue weighted by Gasteiger charge is 1.94. The third-order valence-corrected chi connectivity index (χ3v) is 2.14. The summed E-state index contributed by atoms with van der Waals surface area (Å²) in [6.45, 7) is 0.635. The van der Waals surface area contributed by atoms with Gasteiger partial charge in [0.2, 0.25) is 0 Å². The van der Waals surface area contributed by atoms with Crippen molar-refractivity contribution >= 4 is 0 Å². The van der Waals surface area contributed by atoms with Crippen LogP contribution in [-0.2, 0) is 11.3 Å². The van der Waals surface area contributed by atoms with Crippen molar-refractivity contribution < 1.29 is 9.57 Å². The minimum Gasteiger partial charge on any atom is -0.497 e. The molecule has 0 fully saturated rings. The first-order valence-electron chi connectivity index (χ1n) is 4.81. The monoisotopic (exact) mass is 195 g/mol. The number of hydrogen-bond acceptors (Lipinski definition) is 3. The van der Waals surface area contributed by atoms with E-state index in [1.807, 2.05) is 12.1 Å². The first-order valence-corrected chi connectivity index (χ1v) is 4.81. The Balaban J connectivity index is 2.29. The van der Waals surface area contributed by atoms with Crippen LogP contribution in [0.25, 0.3) is 0 Å². The van der Waals surface area contributed by atoms with Gasteiger partial charge in [-0.15, -0.1) is 0 Å². The van der Waals surface area contributed by atoms with Crippen molar-refractivity contribution in [1.82, 2.24) is 0 Å². The molecule has 0 aliphatic heterocycles. The van der Waals surface area contributed by atoms with Gasteiger partial charge in [0.25, 0.3) is 0 Å². The van der Waals surface area contributed by atoms with Gasteiger partial charge in [-0.25, -0.2) is 5.90 Å². The first kappa shape index (κ1) is 11.0. The molecule has 78 valence electrons.